The smallest absolute Gasteiger partial charge is 0.117 e. The molecule has 15 heavy (non-hydrogen) atoms. The van der Waals surface area contributed by atoms with Gasteiger partial charge in [-0.15, -0.1) is 0 Å². The number of nitrogen functional groups attached to an aromatic ring is 1. The van der Waals surface area contributed by atoms with Crippen LogP contribution >= 0.6 is 11.8 Å². The number of hydrogen-bond donors (Lipinski definition) is 3. The summed E-state index contributed by atoms with van der Waals surface area (Å²) in [7, 11) is 0. The van der Waals surface area contributed by atoms with Crippen LogP contribution in [0.15, 0.2) is 18.2 Å². The molecule has 82 valence electrons. The molecule has 0 radical (unpaired) electrons. The summed E-state index contributed by atoms with van der Waals surface area (Å²) in [5, 5.41) is 19.6. The Balaban J connectivity index is 2.20. The van der Waals surface area contributed by atoms with Gasteiger partial charge in [0.05, 0.1) is 6.10 Å². The van der Waals surface area contributed by atoms with E-state index in [2.05, 4.69) is 0 Å². The summed E-state index contributed by atoms with van der Waals surface area (Å²) < 4.78 is 0. The number of rotatable bonds is 2. The molecule has 0 saturated carbocycles. The van der Waals surface area contributed by atoms with Gasteiger partial charge in [0.2, 0.25) is 0 Å². The van der Waals surface area contributed by atoms with Crippen molar-refractivity contribution in [2.45, 2.75) is 24.2 Å². The molecule has 4 N–H and O–H groups in total. The maximum Gasteiger partial charge on any atom is 0.117 e. The molecule has 1 aromatic rings. The highest BCUT2D eigenvalue weighted by Crippen LogP contribution is 2.38. The van der Waals surface area contributed by atoms with E-state index in [0.717, 1.165) is 24.2 Å². The Kier molecular flexibility index (Phi) is 3.07. The van der Waals surface area contributed by atoms with Gasteiger partial charge in [0.15, 0.2) is 0 Å². The maximum atomic E-state index is 10.1. The number of thioether (sulfide) groups is 1. The van der Waals surface area contributed by atoms with E-state index in [1.165, 1.54) is 6.07 Å². The van der Waals surface area contributed by atoms with Gasteiger partial charge in [-0.2, -0.15) is 11.8 Å². The van der Waals surface area contributed by atoms with Crippen molar-refractivity contribution in [1.29, 1.82) is 0 Å². The fourth-order valence-electron chi connectivity index (χ4n) is 1.88. The molecule has 1 aliphatic rings. The summed E-state index contributed by atoms with van der Waals surface area (Å²) in [5.74, 6) is 1.25. The first-order valence-corrected chi connectivity index (χ1v) is 6.11. The Bertz CT molecular complexity index is 350. The molecule has 1 saturated heterocycles. The summed E-state index contributed by atoms with van der Waals surface area (Å²) in [5.41, 5.74) is 6.96. The fourth-order valence-corrected chi connectivity index (χ4v) is 3.18. The predicted octanol–water partition coefficient (Wildman–Crippen LogP) is 1.90. The van der Waals surface area contributed by atoms with Crippen LogP contribution in [0.2, 0.25) is 0 Å². The van der Waals surface area contributed by atoms with Gasteiger partial charge >= 0.3 is 0 Å². The molecular weight excluding hydrogens is 210 g/mol. The van der Waals surface area contributed by atoms with E-state index in [1.54, 1.807) is 23.9 Å². The van der Waals surface area contributed by atoms with Gasteiger partial charge in [-0.1, -0.05) is 6.07 Å². The highest BCUT2D eigenvalue weighted by atomic mass is 32.2. The third-order valence-corrected chi connectivity index (χ3v) is 4.15. The standard InChI is InChI=1S/C11H15NO2S/c12-9-6-7(13)3-4-8(9)11(14)10-2-1-5-15-10/h3-4,6,10-11,13-14H,1-2,5,12H2. The molecule has 0 aliphatic carbocycles. The Morgan fingerprint density at radius 2 is 2.27 bits per heavy atom. The van der Waals surface area contributed by atoms with Crippen molar-refractivity contribution in [3.8, 4) is 5.75 Å². The molecule has 2 atom stereocenters. The molecular formula is C11H15NO2S. The molecule has 1 aliphatic heterocycles. The second kappa shape index (κ2) is 4.33. The van der Waals surface area contributed by atoms with Crippen molar-refractivity contribution in [2.24, 2.45) is 0 Å². The van der Waals surface area contributed by atoms with Crippen molar-refractivity contribution in [1.82, 2.24) is 0 Å². The van der Waals surface area contributed by atoms with Gasteiger partial charge in [0, 0.05) is 22.6 Å². The minimum atomic E-state index is -0.516. The summed E-state index contributed by atoms with van der Waals surface area (Å²) in [4.78, 5) is 0. The lowest BCUT2D eigenvalue weighted by Crippen LogP contribution is -2.13. The third-order valence-electron chi connectivity index (χ3n) is 2.71. The van der Waals surface area contributed by atoms with Gasteiger partial charge in [-0.05, 0) is 24.7 Å². The van der Waals surface area contributed by atoms with Crippen molar-refractivity contribution >= 4 is 17.4 Å². The molecule has 0 spiro atoms. The summed E-state index contributed by atoms with van der Waals surface area (Å²) >= 11 is 1.79. The number of anilines is 1. The van der Waals surface area contributed by atoms with Crippen LogP contribution in [0.1, 0.15) is 24.5 Å². The van der Waals surface area contributed by atoms with Crippen LogP contribution in [0.5, 0.6) is 5.75 Å². The average molecular weight is 225 g/mol. The van der Waals surface area contributed by atoms with Gasteiger partial charge < -0.3 is 15.9 Å². The van der Waals surface area contributed by atoms with Crippen molar-refractivity contribution in [3.05, 3.63) is 23.8 Å². The van der Waals surface area contributed by atoms with Gasteiger partial charge in [-0.25, -0.2) is 0 Å². The van der Waals surface area contributed by atoms with E-state index in [-0.39, 0.29) is 11.0 Å². The Labute approximate surface area is 93.3 Å². The molecule has 0 aromatic heterocycles. The zero-order chi connectivity index (χ0) is 10.8. The number of benzene rings is 1. The quantitative estimate of drug-likeness (QED) is 0.673. The molecule has 3 nitrogen and oxygen atoms in total. The number of phenolic OH excluding ortho intramolecular Hbond substituents is 1. The van der Waals surface area contributed by atoms with E-state index in [1.807, 2.05) is 0 Å². The first-order chi connectivity index (χ1) is 7.18. The van der Waals surface area contributed by atoms with Crippen molar-refractivity contribution in [2.75, 3.05) is 11.5 Å². The van der Waals surface area contributed by atoms with Gasteiger partial charge in [0.1, 0.15) is 5.75 Å². The molecule has 1 aromatic carbocycles. The van der Waals surface area contributed by atoms with E-state index in [9.17, 15) is 10.2 Å². The number of aromatic hydroxyl groups is 1. The second-order valence-electron chi connectivity index (χ2n) is 3.81. The zero-order valence-corrected chi connectivity index (χ0v) is 9.20. The van der Waals surface area contributed by atoms with E-state index in [4.69, 9.17) is 5.73 Å². The second-order valence-corrected chi connectivity index (χ2v) is 5.16. The molecule has 2 rings (SSSR count). The van der Waals surface area contributed by atoms with Crippen molar-refractivity contribution in [3.63, 3.8) is 0 Å². The normalized spacial score (nSPS) is 22.9. The minimum absolute atomic E-state index is 0.141. The lowest BCUT2D eigenvalue weighted by molar-refractivity contribution is 0.174. The largest absolute Gasteiger partial charge is 0.508 e. The van der Waals surface area contributed by atoms with Crippen LogP contribution in [-0.4, -0.2) is 21.2 Å². The molecule has 2 unspecified atom stereocenters. The van der Waals surface area contributed by atoms with Gasteiger partial charge in [0.25, 0.3) is 0 Å². The number of aliphatic hydroxyl groups excluding tert-OH is 1. The predicted molar refractivity (Wildman–Crippen MR) is 63.0 cm³/mol. The van der Waals surface area contributed by atoms with Crippen LogP contribution in [0.4, 0.5) is 5.69 Å². The van der Waals surface area contributed by atoms with Crippen LogP contribution < -0.4 is 5.73 Å². The lowest BCUT2D eigenvalue weighted by Gasteiger charge is -2.19. The number of nitrogens with two attached hydrogens (primary N) is 1. The topological polar surface area (TPSA) is 66.5 Å². The SMILES string of the molecule is Nc1cc(O)ccc1C(O)C1CCCS1. The minimum Gasteiger partial charge on any atom is -0.508 e. The van der Waals surface area contributed by atoms with E-state index < -0.39 is 6.10 Å². The number of aliphatic hydroxyl groups is 1. The molecule has 0 amide bonds. The number of hydrogen-bond acceptors (Lipinski definition) is 4. The summed E-state index contributed by atoms with van der Waals surface area (Å²) in [6, 6.07) is 4.75. The van der Waals surface area contributed by atoms with Crippen LogP contribution in [-0.2, 0) is 0 Å². The third kappa shape index (κ3) is 2.21. The summed E-state index contributed by atoms with van der Waals surface area (Å²) in [6.45, 7) is 0. The van der Waals surface area contributed by atoms with Crippen molar-refractivity contribution < 1.29 is 10.2 Å². The fraction of sp³-hybridized carbons (Fsp3) is 0.455. The average Bonchev–Trinajstić information content (AvgIpc) is 2.69. The first kappa shape index (κ1) is 10.6. The monoisotopic (exact) mass is 225 g/mol. The van der Waals surface area contributed by atoms with E-state index in [0.29, 0.717) is 5.69 Å². The van der Waals surface area contributed by atoms with Crippen LogP contribution in [0.3, 0.4) is 0 Å². The Morgan fingerprint density at radius 3 is 2.87 bits per heavy atom. The molecule has 1 fully saturated rings. The first-order valence-electron chi connectivity index (χ1n) is 5.06. The number of phenols is 1. The highest BCUT2D eigenvalue weighted by molar-refractivity contribution is 8.00. The molecule has 1 heterocycles. The maximum absolute atomic E-state index is 10.1. The van der Waals surface area contributed by atoms with Gasteiger partial charge in [-0.3, -0.25) is 0 Å². The Morgan fingerprint density at radius 1 is 1.47 bits per heavy atom. The van der Waals surface area contributed by atoms with Crippen LogP contribution in [0.25, 0.3) is 0 Å². The molecule has 4 heteroatoms. The lowest BCUT2D eigenvalue weighted by atomic mass is 10.0. The van der Waals surface area contributed by atoms with E-state index >= 15 is 0 Å². The van der Waals surface area contributed by atoms with Crippen LogP contribution in [0, 0.1) is 0 Å². The highest BCUT2D eigenvalue weighted by Gasteiger charge is 2.26. The zero-order valence-electron chi connectivity index (χ0n) is 8.39. The molecule has 0 bridgehead atoms. The summed E-state index contributed by atoms with van der Waals surface area (Å²) in [6.07, 6.45) is 1.68. The Hall–Kier alpha value is -0.870.